The third-order valence-electron chi connectivity index (χ3n) is 4.31. The molecule has 0 saturated carbocycles. The fourth-order valence-electron chi connectivity index (χ4n) is 3.13. The number of fused-ring (bicyclic) bond motifs is 1. The minimum absolute atomic E-state index is 0.136. The SMILES string of the molecule is O=C(Nc1cnn(CC2CCCO2)c1)NC1COc2ccccc21. The lowest BCUT2D eigenvalue weighted by Crippen LogP contribution is -2.33. The fraction of sp³-hybridized carbons (Fsp3) is 0.412. The second-order valence-electron chi connectivity index (χ2n) is 6.09. The summed E-state index contributed by atoms with van der Waals surface area (Å²) in [4.78, 5) is 12.2. The fourth-order valence-corrected chi connectivity index (χ4v) is 3.13. The predicted molar refractivity (Wildman–Crippen MR) is 88.0 cm³/mol. The number of anilines is 1. The van der Waals surface area contributed by atoms with E-state index in [-0.39, 0.29) is 18.2 Å². The molecule has 2 N–H and O–H groups in total. The molecule has 0 bridgehead atoms. The van der Waals surface area contributed by atoms with Crippen molar-refractivity contribution >= 4 is 11.7 Å². The molecule has 0 spiro atoms. The highest BCUT2D eigenvalue weighted by atomic mass is 16.5. The Labute approximate surface area is 139 Å². The minimum Gasteiger partial charge on any atom is -0.491 e. The Hall–Kier alpha value is -2.54. The quantitative estimate of drug-likeness (QED) is 0.903. The molecule has 0 radical (unpaired) electrons. The number of hydrogen-bond acceptors (Lipinski definition) is 4. The Morgan fingerprint density at radius 1 is 1.38 bits per heavy atom. The third-order valence-corrected chi connectivity index (χ3v) is 4.31. The van der Waals surface area contributed by atoms with Gasteiger partial charge in [0, 0.05) is 18.4 Å². The van der Waals surface area contributed by atoms with Crippen molar-refractivity contribution in [2.45, 2.75) is 31.5 Å². The van der Waals surface area contributed by atoms with Crippen LogP contribution in [0.1, 0.15) is 24.4 Å². The van der Waals surface area contributed by atoms with E-state index in [0.29, 0.717) is 18.8 Å². The molecule has 24 heavy (non-hydrogen) atoms. The highest BCUT2D eigenvalue weighted by Crippen LogP contribution is 2.31. The molecule has 0 aliphatic carbocycles. The topological polar surface area (TPSA) is 77.4 Å². The summed E-state index contributed by atoms with van der Waals surface area (Å²) in [6.07, 6.45) is 5.85. The highest BCUT2D eigenvalue weighted by Gasteiger charge is 2.25. The first kappa shape index (κ1) is 15.0. The third kappa shape index (κ3) is 3.21. The molecule has 7 nitrogen and oxygen atoms in total. The van der Waals surface area contributed by atoms with Crippen molar-refractivity contribution in [3.05, 3.63) is 42.2 Å². The van der Waals surface area contributed by atoms with E-state index < -0.39 is 0 Å². The number of aromatic nitrogens is 2. The molecule has 2 unspecified atom stereocenters. The molecule has 2 aliphatic rings. The van der Waals surface area contributed by atoms with Gasteiger partial charge in [0.1, 0.15) is 12.4 Å². The number of rotatable bonds is 4. The number of carbonyl (C=O) groups excluding carboxylic acids is 1. The Morgan fingerprint density at radius 3 is 3.17 bits per heavy atom. The smallest absolute Gasteiger partial charge is 0.319 e. The van der Waals surface area contributed by atoms with Gasteiger partial charge in [-0.3, -0.25) is 4.68 Å². The average Bonchev–Trinajstić information content (AvgIpc) is 3.31. The zero-order valence-corrected chi connectivity index (χ0v) is 13.3. The number of benzene rings is 1. The molecule has 2 amide bonds. The van der Waals surface area contributed by atoms with Gasteiger partial charge < -0.3 is 20.1 Å². The van der Waals surface area contributed by atoms with Gasteiger partial charge in [0.2, 0.25) is 0 Å². The summed E-state index contributed by atoms with van der Waals surface area (Å²) in [7, 11) is 0. The maximum absolute atomic E-state index is 12.2. The van der Waals surface area contributed by atoms with Crippen molar-refractivity contribution in [2.75, 3.05) is 18.5 Å². The van der Waals surface area contributed by atoms with E-state index in [1.165, 1.54) is 0 Å². The maximum atomic E-state index is 12.2. The van der Waals surface area contributed by atoms with E-state index >= 15 is 0 Å². The van der Waals surface area contributed by atoms with Crippen LogP contribution in [0.15, 0.2) is 36.7 Å². The van der Waals surface area contributed by atoms with Crippen LogP contribution in [0.3, 0.4) is 0 Å². The Bertz CT molecular complexity index is 724. The van der Waals surface area contributed by atoms with E-state index in [4.69, 9.17) is 9.47 Å². The molecule has 2 aromatic rings. The molecule has 3 heterocycles. The largest absolute Gasteiger partial charge is 0.491 e. The van der Waals surface area contributed by atoms with Gasteiger partial charge in [0.15, 0.2) is 0 Å². The van der Waals surface area contributed by atoms with Crippen LogP contribution in [-0.4, -0.2) is 35.1 Å². The normalized spacial score (nSPS) is 22.0. The Kier molecular flexibility index (Phi) is 4.08. The van der Waals surface area contributed by atoms with E-state index in [9.17, 15) is 4.79 Å². The van der Waals surface area contributed by atoms with Crippen molar-refractivity contribution in [3.8, 4) is 5.75 Å². The molecule has 126 valence electrons. The van der Waals surface area contributed by atoms with Crippen LogP contribution in [0.2, 0.25) is 0 Å². The number of nitrogens with zero attached hydrogens (tertiary/aromatic N) is 2. The number of ether oxygens (including phenoxy) is 2. The van der Waals surface area contributed by atoms with E-state index in [0.717, 1.165) is 30.8 Å². The molecule has 1 saturated heterocycles. The first-order chi connectivity index (χ1) is 11.8. The molecular formula is C17H20N4O3. The molecule has 7 heteroatoms. The number of carbonyl (C=O) groups is 1. The van der Waals surface area contributed by atoms with Gasteiger partial charge >= 0.3 is 6.03 Å². The molecule has 2 atom stereocenters. The van der Waals surface area contributed by atoms with E-state index in [2.05, 4.69) is 15.7 Å². The van der Waals surface area contributed by atoms with Gasteiger partial charge in [0.25, 0.3) is 0 Å². The summed E-state index contributed by atoms with van der Waals surface area (Å²) in [5.74, 6) is 0.826. The zero-order valence-electron chi connectivity index (χ0n) is 13.3. The zero-order chi connectivity index (χ0) is 16.4. The summed E-state index contributed by atoms with van der Waals surface area (Å²) in [6, 6.07) is 7.33. The first-order valence-corrected chi connectivity index (χ1v) is 8.21. The monoisotopic (exact) mass is 328 g/mol. The number of nitrogens with one attached hydrogen (secondary N) is 2. The van der Waals surface area contributed by atoms with Crippen molar-refractivity contribution in [3.63, 3.8) is 0 Å². The lowest BCUT2D eigenvalue weighted by molar-refractivity contribution is 0.0940. The lowest BCUT2D eigenvalue weighted by Gasteiger charge is -2.12. The summed E-state index contributed by atoms with van der Waals surface area (Å²) < 4.78 is 13.0. The van der Waals surface area contributed by atoms with Crippen LogP contribution < -0.4 is 15.4 Å². The predicted octanol–water partition coefficient (Wildman–Crippen LogP) is 2.32. The molecular weight excluding hydrogens is 308 g/mol. The van der Waals surface area contributed by atoms with Gasteiger partial charge in [-0.1, -0.05) is 18.2 Å². The first-order valence-electron chi connectivity index (χ1n) is 8.21. The second-order valence-corrected chi connectivity index (χ2v) is 6.09. The van der Waals surface area contributed by atoms with Gasteiger partial charge in [-0.2, -0.15) is 5.10 Å². The Balaban J connectivity index is 1.32. The second kappa shape index (κ2) is 6.52. The molecule has 4 rings (SSSR count). The van der Waals surface area contributed by atoms with Crippen LogP contribution in [0.5, 0.6) is 5.75 Å². The van der Waals surface area contributed by atoms with Crippen molar-refractivity contribution in [1.82, 2.24) is 15.1 Å². The van der Waals surface area contributed by atoms with Crippen molar-refractivity contribution < 1.29 is 14.3 Å². The molecule has 1 aromatic carbocycles. The average molecular weight is 328 g/mol. The molecule has 1 fully saturated rings. The minimum atomic E-state index is -0.267. The van der Waals surface area contributed by atoms with Crippen molar-refractivity contribution in [1.29, 1.82) is 0 Å². The van der Waals surface area contributed by atoms with Gasteiger partial charge in [-0.05, 0) is 18.9 Å². The lowest BCUT2D eigenvalue weighted by atomic mass is 10.1. The highest BCUT2D eigenvalue weighted by molar-refractivity contribution is 5.89. The number of hydrogen-bond donors (Lipinski definition) is 2. The molecule has 2 aliphatic heterocycles. The van der Waals surface area contributed by atoms with Gasteiger partial charge in [-0.15, -0.1) is 0 Å². The summed E-state index contributed by atoms with van der Waals surface area (Å²) in [6.45, 7) is 1.99. The van der Waals surface area contributed by atoms with E-state index in [1.54, 1.807) is 10.9 Å². The van der Waals surface area contributed by atoms with Gasteiger partial charge in [-0.25, -0.2) is 4.79 Å². The molecule has 1 aromatic heterocycles. The van der Waals surface area contributed by atoms with Crippen LogP contribution in [0, 0.1) is 0 Å². The van der Waals surface area contributed by atoms with Crippen LogP contribution in [0.25, 0.3) is 0 Å². The van der Waals surface area contributed by atoms with E-state index in [1.807, 2.05) is 30.5 Å². The standard InChI is InChI=1S/C17H20N4O3/c22-17(20-15-11-24-16-6-2-1-5-14(15)16)19-12-8-18-21(9-12)10-13-4-3-7-23-13/h1-2,5-6,8-9,13,15H,3-4,7,10-11H2,(H2,19,20,22). The summed E-state index contributed by atoms with van der Waals surface area (Å²) in [5, 5.41) is 10.0. The van der Waals surface area contributed by atoms with Crippen LogP contribution >= 0.6 is 0 Å². The maximum Gasteiger partial charge on any atom is 0.319 e. The summed E-state index contributed by atoms with van der Waals surface area (Å²) >= 11 is 0. The number of urea groups is 1. The Morgan fingerprint density at radius 2 is 2.29 bits per heavy atom. The van der Waals surface area contributed by atoms with Crippen LogP contribution in [0.4, 0.5) is 10.5 Å². The van der Waals surface area contributed by atoms with Crippen molar-refractivity contribution in [2.24, 2.45) is 0 Å². The van der Waals surface area contributed by atoms with Gasteiger partial charge in [0.05, 0.1) is 30.6 Å². The number of para-hydroxylation sites is 1. The number of amides is 2. The summed E-state index contributed by atoms with van der Waals surface area (Å²) in [5.41, 5.74) is 1.67. The van der Waals surface area contributed by atoms with Crippen LogP contribution in [-0.2, 0) is 11.3 Å².